The van der Waals surface area contributed by atoms with Gasteiger partial charge in [-0.3, -0.25) is 4.79 Å². The van der Waals surface area contributed by atoms with Crippen molar-refractivity contribution in [1.82, 2.24) is 5.32 Å². The summed E-state index contributed by atoms with van der Waals surface area (Å²) in [5.41, 5.74) is 2.52. The maximum Gasteiger partial charge on any atom is 0.338 e. The molecule has 1 heterocycles. The van der Waals surface area contributed by atoms with E-state index in [2.05, 4.69) is 5.32 Å². The van der Waals surface area contributed by atoms with Crippen LogP contribution in [0.3, 0.4) is 0 Å². The summed E-state index contributed by atoms with van der Waals surface area (Å²) in [6.45, 7) is 1.60. The molecule has 1 amide bonds. The Kier molecular flexibility index (Phi) is 5.81. The maximum atomic E-state index is 12.1. The zero-order valence-corrected chi connectivity index (χ0v) is 15.2. The van der Waals surface area contributed by atoms with Gasteiger partial charge in [0.25, 0.3) is 5.91 Å². The summed E-state index contributed by atoms with van der Waals surface area (Å²) in [6, 6.07) is 20.8. The Morgan fingerprint density at radius 1 is 0.962 bits per heavy atom. The third-order valence-corrected chi connectivity index (χ3v) is 4.96. The maximum absolute atomic E-state index is 12.1. The van der Waals surface area contributed by atoms with Gasteiger partial charge in [0.05, 0.1) is 11.6 Å². The number of amides is 1. The van der Waals surface area contributed by atoms with Gasteiger partial charge in [-0.2, -0.15) is 0 Å². The summed E-state index contributed by atoms with van der Waals surface area (Å²) in [7, 11) is 0. The van der Waals surface area contributed by atoms with Crippen LogP contribution in [0.5, 0.6) is 0 Å². The summed E-state index contributed by atoms with van der Waals surface area (Å²) >= 11 is 1.57. The number of carbonyl (C=O) groups excluding carboxylic acids is 2. The molecule has 26 heavy (non-hydrogen) atoms. The lowest BCUT2D eigenvalue weighted by Crippen LogP contribution is -2.30. The first kappa shape index (κ1) is 17.9. The smallest absolute Gasteiger partial charge is 0.338 e. The monoisotopic (exact) mass is 365 g/mol. The van der Waals surface area contributed by atoms with Gasteiger partial charge in [0.2, 0.25) is 0 Å². The molecule has 0 aliphatic heterocycles. The summed E-state index contributed by atoms with van der Waals surface area (Å²) in [6.07, 6.45) is 0. The lowest BCUT2D eigenvalue weighted by Gasteiger charge is -2.12. The third kappa shape index (κ3) is 4.58. The number of benzene rings is 2. The normalized spacial score (nSPS) is 11.6. The number of ether oxygens (including phenoxy) is 1. The van der Waals surface area contributed by atoms with Gasteiger partial charge >= 0.3 is 5.97 Å². The molecule has 1 atom stereocenters. The van der Waals surface area contributed by atoms with Gasteiger partial charge in [0.1, 0.15) is 0 Å². The molecule has 4 nitrogen and oxygen atoms in total. The Morgan fingerprint density at radius 2 is 1.65 bits per heavy atom. The van der Waals surface area contributed by atoms with Gasteiger partial charge in [-0.25, -0.2) is 4.79 Å². The van der Waals surface area contributed by atoms with Crippen LogP contribution in [0, 0.1) is 0 Å². The van der Waals surface area contributed by atoms with Crippen molar-refractivity contribution >= 4 is 23.2 Å². The van der Waals surface area contributed by atoms with E-state index in [1.165, 1.54) is 0 Å². The highest BCUT2D eigenvalue weighted by atomic mass is 32.1. The number of carbonyl (C=O) groups is 2. The molecule has 0 aliphatic rings. The summed E-state index contributed by atoms with van der Waals surface area (Å²) < 4.78 is 5.11. The zero-order chi connectivity index (χ0) is 18.4. The van der Waals surface area contributed by atoms with Gasteiger partial charge < -0.3 is 10.1 Å². The average Bonchev–Trinajstić information content (AvgIpc) is 3.22. The van der Waals surface area contributed by atoms with E-state index in [1.807, 2.05) is 66.9 Å². The summed E-state index contributed by atoms with van der Waals surface area (Å²) in [5.74, 6) is -0.830. The van der Waals surface area contributed by atoms with Crippen molar-refractivity contribution in [2.24, 2.45) is 0 Å². The molecule has 3 rings (SSSR count). The molecule has 1 unspecified atom stereocenters. The van der Waals surface area contributed by atoms with E-state index >= 15 is 0 Å². The average molecular weight is 365 g/mol. The van der Waals surface area contributed by atoms with E-state index in [4.69, 9.17) is 4.74 Å². The molecule has 2 aromatic carbocycles. The van der Waals surface area contributed by atoms with Crippen LogP contribution < -0.4 is 5.32 Å². The van der Waals surface area contributed by atoms with Crippen LogP contribution in [0.4, 0.5) is 0 Å². The molecule has 0 saturated heterocycles. The largest absolute Gasteiger partial charge is 0.452 e. The molecule has 0 radical (unpaired) electrons. The summed E-state index contributed by atoms with van der Waals surface area (Å²) in [5, 5.41) is 4.77. The highest BCUT2D eigenvalue weighted by molar-refractivity contribution is 7.10. The molecule has 3 aromatic rings. The molecule has 0 fully saturated rings. The fraction of sp³-hybridized carbons (Fsp3) is 0.143. The number of esters is 1. The van der Waals surface area contributed by atoms with Crippen molar-refractivity contribution in [3.63, 3.8) is 0 Å². The lowest BCUT2D eigenvalue weighted by molar-refractivity contribution is -0.124. The molecule has 1 N–H and O–H groups in total. The molecule has 5 heteroatoms. The van der Waals surface area contributed by atoms with E-state index in [0.29, 0.717) is 5.56 Å². The minimum absolute atomic E-state index is 0.105. The van der Waals surface area contributed by atoms with E-state index in [-0.39, 0.29) is 18.6 Å². The first-order valence-electron chi connectivity index (χ1n) is 8.29. The summed E-state index contributed by atoms with van der Waals surface area (Å²) in [4.78, 5) is 25.1. The van der Waals surface area contributed by atoms with E-state index in [9.17, 15) is 9.59 Å². The molecule has 1 aromatic heterocycles. The number of rotatable bonds is 6. The standard InChI is InChI=1S/C21H19NO3S/c1-15(19-8-5-13-26-19)22-20(23)14-25-21(24)18-11-9-17(10-12-18)16-6-3-2-4-7-16/h2-13,15H,14H2,1H3,(H,22,23). The minimum atomic E-state index is -0.511. The second-order valence-electron chi connectivity index (χ2n) is 5.82. The van der Waals surface area contributed by atoms with E-state index in [1.54, 1.807) is 23.5 Å². The molecule has 0 aliphatic carbocycles. The van der Waals surface area contributed by atoms with Gasteiger partial charge in [0, 0.05) is 4.88 Å². The molecule has 0 bridgehead atoms. The predicted molar refractivity (Wildman–Crippen MR) is 103 cm³/mol. The van der Waals surface area contributed by atoms with Crippen molar-refractivity contribution in [3.8, 4) is 11.1 Å². The van der Waals surface area contributed by atoms with Crippen molar-refractivity contribution in [2.75, 3.05) is 6.61 Å². The number of hydrogen-bond acceptors (Lipinski definition) is 4. The highest BCUT2D eigenvalue weighted by Crippen LogP contribution is 2.20. The van der Waals surface area contributed by atoms with Gasteiger partial charge in [-0.1, -0.05) is 48.5 Å². The first-order valence-corrected chi connectivity index (χ1v) is 9.17. The van der Waals surface area contributed by atoms with Crippen LogP contribution in [-0.2, 0) is 9.53 Å². The molecule has 132 valence electrons. The Bertz CT molecular complexity index is 858. The van der Waals surface area contributed by atoms with Crippen LogP contribution in [-0.4, -0.2) is 18.5 Å². The Morgan fingerprint density at radius 3 is 2.31 bits per heavy atom. The highest BCUT2D eigenvalue weighted by Gasteiger charge is 2.13. The number of thiophene rings is 1. The van der Waals surface area contributed by atoms with Crippen LogP contribution in [0.1, 0.15) is 28.2 Å². The van der Waals surface area contributed by atoms with Crippen LogP contribution in [0.2, 0.25) is 0 Å². The first-order chi connectivity index (χ1) is 12.6. The predicted octanol–water partition coefficient (Wildman–Crippen LogP) is 4.45. The molecule has 0 saturated carbocycles. The lowest BCUT2D eigenvalue weighted by atomic mass is 10.0. The van der Waals surface area contributed by atoms with Crippen molar-refractivity contribution < 1.29 is 14.3 Å². The SMILES string of the molecule is CC(NC(=O)COC(=O)c1ccc(-c2ccccc2)cc1)c1cccs1. The van der Waals surface area contributed by atoms with Crippen molar-refractivity contribution in [2.45, 2.75) is 13.0 Å². The van der Waals surface area contributed by atoms with Gasteiger partial charge in [0.15, 0.2) is 6.61 Å². The number of hydrogen-bond donors (Lipinski definition) is 1. The second-order valence-corrected chi connectivity index (χ2v) is 6.80. The Hall–Kier alpha value is -2.92. The molecular formula is C21H19NO3S. The number of nitrogens with one attached hydrogen (secondary N) is 1. The van der Waals surface area contributed by atoms with Crippen molar-refractivity contribution in [3.05, 3.63) is 82.6 Å². The second kappa shape index (κ2) is 8.45. The topological polar surface area (TPSA) is 55.4 Å². The van der Waals surface area contributed by atoms with Crippen LogP contribution >= 0.6 is 11.3 Å². The fourth-order valence-electron chi connectivity index (χ4n) is 2.54. The van der Waals surface area contributed by atoms with Gasteiger partial charge in [-0.05, 0) is 41.6 Å². The van der Waals surface area contributed by atoms with E-state index in [0.717, 1.165) is 16.0 Å². The minimum Gasteiger partial charge on any atom is -0.452 e. The van der Waals surface area contributed by atoms with Crippen LogP contribution in [0.25, 0.3) is 11.1 Å². The molecule has 0 spiro atoms. The Labute approximate surface area is 156 Å². The van der Waals surface area contributed by atoms with Crippen molar-refractivity contribution in [1.29, 1.82) is 0 Å². The molecular weight excluding hydrogens is 346 g/mol. The zero-order valence-electron chi connectivity index (χ0n) is 14.3. The fourth-order valence-corrected chi connectivity index (χ4v) is 3.27. The quantitative estimate of drug-likeness (QED) is 0.657. The Balaban J connectivity index is 1.52. The third-order valence-electron chi connectivity index (χ3n) is 3.91. The van der Waals surface area contributed by atoms with E-state index < -0.39 is 5.97 Å². The van der Waals surface area contributed by atoms with Crippen LogP contribution in [0.15, 0.2) is 72.1 Å². The van der Waals surface area contributed by atoms with Gasteiger partial charge in [-0.15, -0.1) is 11.3 Å².